The second-order valence-electron chi connectivity index (χ2n) is 7.24. The molecule has 0 unspecified atom stereocenters. The number of aliphatic hydroxyl groups excluding tert-OH is 2. The third-order valence-electron chi connectivity index (χ3n) is 5.84. The van der Waals surface area contributed by atoms with Gasteiger partial charge in [-0.2, -0.15) is 5.10 Å². The molecule has 1 amide bonds. The summed E-state index contributed by atoms with van der Waals surface area (Å²) in [5.41, 5.74) is 2.28. The van der Waals surface area contributed by atoms with Crippen molar-refractivity contribution in [1.82, 2.24) is 15.1 Å². The largest absolute Gasteiger partial charge is 0.390 e. The van der Waals surface area contributed by atoms with Crippen molar-refractivity contribution >= 4 is 5.91 Å². The van der Waals surface area contributed by atoms with Crippen LogP contribution in [0.1, 0.15) is 28.9 Å². The van der Waals surface area contributed by atoms with Gasteiger partial charge in [-0.1, -0.05) is 18.2 Å². The van der Waals surface area contributed by atoms with E-state index in [4.69, 9.17) is 0 Å². The highest BCUT2D eigenvalue weighted by Crippen LogP contribution is 2.48. The van der Waals surface area contributed by atoms with Crippen molar-refractivity contribution in [2.24, 2.45) is 17.8 Å². The Morgan fingerprint density at radius 1 is 1.24 bits per heavy atom. The zero-order valence-corrected chi connectivity index (χ0v) is 14.2. The minimum Gasteiger partial charge on any atom is -0.390 e. The minimum atomic E-state index is -0.650. The molecule has 6 nitrogen and oxygen atoms in total. The summed E-state index contributed by atoms with van der Waals surface area (Å²) in [7, 11) is 0. The number of benzene rings is 1. The van der Waals surface area contributed by atoms with Crippen LogP contribution in [0.25, 0.3) is 5.69 Å². The van der Waals surface area contributed by atoms with Crippen LogP contribution in [0.15, 0.2) is 36.5 Å². The molecule has 2 saturated carbocycles. The number of para-hydroxylation sites is 1. The number of nitrogens with one attached hydrogen (secondary N) is 1. The molecule has 0 saturated heterocycles. The van der Waals surface area contributed by atoms with Crippen LogP contribution in [0.5, 0.6) is 0 Å². The number of carbonyl (C=O) groups is 1. The molecular weight excluding hydrogens is 318 g/mol. The van der Waals surface area contributed by atoms with Gasteiger partial charge in [0.1, 0.15) is 0 Å². The molecule has 2 aromatic rings. The zero-order chi connectivity index (χ0) is 17.6. The van der Waals surface area contributed by atoms with Gasteiger partial charge < -0.3 is 15.5 Å². The Labute approximate surface area is 146 Å². The molecule has 2 aliphatic carbocycles. The highest BCUT2D eigenvalue weighted by Gasteiger charge is 2.51. The van der Waals surface area contributed by atoms with Crippen molar-refractivity contribution in [2.75, 3.05) is 6.54 Å². The summed E-state index contributed by atoms with van der Waals surface area (Å²) in [6, 6.07) is 9.71. The van der Waals surface area contributed by atoms with Crippen LogP contribution in [0.3, 0.4) is 0 Å². The van der Waals surface area contributed by atoms with E-state index in [1.807, 2.05) is 37.3 Å². The van der Waals surface area contributed by atoms with E-state index in [2.05, 4.69) is 10.4 Å². The van der Waals surface area contributed by atoms with Crippen LogP contribution in [0.2, 0.25) is 0 Å². The summed E-state index contributed by atoms with van der Waals surface area (Å²) in [6.45, 7) is 2.41. The van der Waals surface area contributed by atoms with Gasteiger partial charge in [-0.15, -0.1) is 0 Å². The van der Waals surface area contributed by atoms with Crippen molar-refractivity contribution in [1.29, 1.82) is 0 Å². The number of rotatable bonds is 4. The van der Waals surface area contributed by atoms with Crippen molar-refractivity contribution in [3.8, 4) is 5.69 Å². The van der Waals surface area contributed by atoms with Gasteiger partial charge in [0.25, 0.3) is 5.91 Å². The van der Waals surface area contributed by atoms with Crippen molar-refractivity contribution in [3.05, 3.63) is 47.8 Å². The van der Waals surface area contributed by atoms with Gasteiger partial charge in [0.2, 0.25) is 0 Å². The van der Waals surface area contributed by atoms with E-state index in [9.17, 15) is 15.0 Å². The first-order chi connectivity index (χ1) is 12.1. The lowest BCUT2D eigenvalue weighted by Gasteiger charge is -2.29. The third kappa shape index (κ3) is 2.75. The quantitative estimate of drug-likeness (QED) is 0.782. The van der Waals surface area contributed by atoms with Crippen molar-refractivity contribution < 1.29 is 15.0 Å². The van der Waals surface area contributed by atoms with E-state index in [1.165, 1.54) is 0 Å². The molecule has 25 heavy (non-hydrogen) atoms. The number of aliphatic hydroxyl groups is 2. The average Bonchev–Trinajstić information content (AvgIpc) is 3.29. The predicted octanol–water partition coefficient (Wildman–Crippen LogP) is 1.29. The minimum absolute atomic E-state index is 0.0911. The molecule has 132 valence electrons. The summed E-state index contributed by atoms with van der Waals surface area (Å²) in [5, 5.41) is 27.2. The van der Waals surface area contributed by atoms with E-state index in [0.717, 1.165) is 24.2 Å². The summed E-state index contributed by atoms with van der Waals surface area (Å²) >= 11 is 0. The molecule has 1 heterocycles. The number of hydrogen-bond donors (Lipinski definition) is 3. The number of carbonyl (C=O) groups excluding carboxylic acids is 1. The molecular formula is C19H23N3O3. The summed E-state index contributed by atoms with van der Waals surface area (Å²) in [4.78, 5) is 12.5. The Bertz CT molecular complexity index is 771. The molecule has 0 spiro atoms. The molecule has 3 N–H and O–H groups in total. The molecule has 2 bridgehead atoms. The van der Waals surface area contributed by atoms with E-state index < -0.39 is 12.2 Å². The molecule has 0 aliphatic heterocycles. The fourth-order valence-electron chi connectivity index (χ4n) is 4.45. The fourth-order valence-corrected chi connectivity index (χ4v) is 4.45. The Morgan fingerprint density at radius 2 is 2.00 bits per heavy atom. The standard InChI is InChI=1S/C19H23N3O3/c1-11-16(10-21-22(11)14-5-3-2-4-6-14)19(25)20-9-13-7-12-8-15(13)18(24)17(12)23/h2-6,10,12-13,15,17-18,23-24H,7-9H2,1H3,(H,20,25)/t12-,13-,15-,17+,18-/m0/s1. The average molecular weight is 341 g/mol. The third-order valence-corrected chi connectivity index (χ3v) is 5.84. The number of amides is 1. The highest BCUT2D eigenvalue weighted by atomic mass is 16.3. The number of aromatic nitrogens is 2. The Kier molecular flexibility index (Phi) is 4.09. The first kappa shape index (κ1) is 16.3. The summed E-state index contributed by atoms with van der Waals surface area (Å²) < 4.78 is 1.76. The fraction of sp³-hybridized carbons (Fsp3) is 0.474. The van der Waals surface area contributed by atoms with Gasteiger partial charge >= 0.3 is 0 Å². The maximum Gasteiger partial charge on any atom is 0.254 e. The molecule has 2 aliphatic rings. The lowest BCUT2D eigenvalue weighted by molar-refractivity contribution is -0.0332. The summed E-state index contributed by atoms with van der Waals surface area (Å²) in [6.07, 6.45) is 2.07. The number of nitrogens with zero attached hydrogens (tertiary/aromatic N) is 2. The molecule has 5 atom stereocenters. The molecule has 1 aromatic carbocycles. The SMILES string of the molecule is Cc1c(C(=O)NC[C@@H]2C[C@H]3C[C@@H]2[C@H](O)[C@@H]3O)cnn1-c1ccccc1. The normalized spacial score (nSPS) is 30.6. The van der Waals surface area contributed by atoms with E-state index in [1.54, 1.807) is 10.9 Å². The van der Waals surface area contributed by atoms with Crippen LogP contribution < -0.4 is 5.32 Å². The van der Waals surface area contributed by atoms with Crippen LogP contribution in [-0.4, -0.2) is 44.7 Å². The Hall–Kier alpha value is -2.18. The van der Waals surface area contributed by atoms with Gasteiger partial charge in [-0.05, 0) is 49.7 Å². The monoisotopic (exact) mass is 341 g/mol. The first-order valence-corrected chi connectivity index (χ1v) is 8.80. The van der Waals surface area contributed by atoms with Gasteiger partial charge in [0, 0.05) is 6.54 Å². The lowest BCUT2D eigenvalue weighted by Crippen LogP contribution is -2.41. The Morgan fingerprint density at radius 3 is 2.68 bits per heavy atom. The molecule has 4 rings (SSSR count). The van der Waals surface area contributed by atoms with Gasteiger partial charge in [-0.3, -0.25) is 4.79 Å². The maximum absolute atomic E-state index is 12.5. The zero-order valence-electron chi connectivity index (χ0n) is 14.2. The van der Waals surface area contributed by atoms with E-state index >= 15 is 0 Å². The van der Waals surface area contributed by atoms with Crippen LogP contribution in [0, 0.1) is 24.7 Å². The molecule has 2 fully saturated rings. The topological polar surface area (TPSA) is 87.4 Å². The number of fused-ring (bicyclic) bond motifs is 2. The maximum atomic E-state index is 12.5. The van der Waals surface area contributed by atoms with Gasteiger partial charge in [-0.25, -0.2) is 4.68 Å². The van der Waals surface area contributed by atoms with Crippen molar-refractivity contribution in [2.45, 2.75) is 32.0 Å². The van der Waals surface area contributed by atoms with Crippen LogP contribution in [0.4, 0.5) is 0 Å². The second kappa shape index (κ2) is 6.28. The first-order valence-electron chi connectivity index (χ1n) is 8.80. The summed E-state index contributed by atoms with van der Waals surface area (Å²) in [5.74, 6) is 0.354. The van der Waals surface area contributed by atoms with Crippen LogP contribution in [-0.2, 0) is 0 Å². The van der Waals surface area contributed by atoms with Crippen LogP contribution >= 0.6 is 0 Å². The van der Waals surface area contributed by atoms with E-state index in [0.29, 0.717) is 12.1 Å². The Balaban J connectivity index is 1.42. The highest BCUT2D eigenvalue weighted by molar-refractivity contribution is 5.95. The smallest absolute Gasteiger partial charge is 0.254 e. The predicted molar refractivity (Wildman–Crippen MR) is 92.4 cm³/mol. The van der Waals surface area contributed by atoms with Gasteiger partial charge in [0.15, 0.2) is 0 Å². The number of hydrogen-bond acceptors (Lipinski definition) is 4. The molecule has 6 heteroatoms. The van der Waals surface area contributed by atoms with E-state index in [-0.39, 0.29) is 23.7 Å². The van der Waals surface area contributed by atoms with Gasteiger partial charge in [0.05, 0.1) is 35.3 Å². The molecule has 1 aromatic heterocycles. The van der Waals surface area contributed by atoms with Crippen molar-refractivity contribution in [3.63, 3.8) is 0 Å². The second-order valence-corrected chi connectivity index (χ2v) is 7.24. The lowest BCUT2D eigenvalue weighted by atomic mass is 9.85. The molecule has 0 radical (unpaired) electrons.